The van der Waals surface area contributed by atoms with Crippen molar-refractivity contribution in [3.63, 3.8) is 0 Å². The van der Waals surface area contributed by atoms with Gasteiger partial charge in [0.2, 0.25) is 0 Å². The van der Waals surface area contributed by atoms with Crippen molar-refractivity contribution in [1.82, 2.24) is 0 Å². The average Bonchev–Trinajstić information content (AvgIpc) is 2.26. The molecule has 2 rings (SSSR count). The van der Waals surface area contributed by atoms with Gasteiger partial charge in [0.05, 0.1) is 11.4 Å². The quantitative estimate of drug-likeness (QED) is 0.327. The Hall–Kier alpha value is -2.36. The Morgan fingerprint density at radius 2 is 1.62 bits per heavy atom. The molecule has 0 saturated heterocycles. The van der Waals surface area contributed by atoms with Gasteiger partial charge < -0.3 is 11.5 Å². The Morgan fingerprint density at radius 3 is 2.25 bits per heavy atom. The molecule has 8 N–H and O–H groups in total. The first-order valence-corrected chi connectivity index (χ1v) is 4.88. The zero-order chi connectivity index (χ0) is 11.7. The first kappa shape index (κ1) is 10.2. The molecule has 0 unspecified atom stereocenters. The lowest BCUT2D eigenvalue weighted by atomic mass is 9.97. The molecule has 1 aromatic carbocycles. The molecular formula is C12H14N4+2. The second kappa shape index (κ2) is 3.66. The molecule has 0 amide bonds. The van der Waals surface area contributed by atoms with Crippen molar-refractivity contribution in [1.29, 1.82) is 0 Å². The van der Waals surface area contributed by atoms with Gasteiger partial charge in [0.15, 0.2) is 0 Å². The van der Waals surface area contributed by atoms with Gasteiger partial charge >= 0.3 is 0 Å². The van der Waals surface area contributed by atoms with E-state index in [0.717, 1.165) is 11.1 Å². The van der Waals surface area contributed by atoms with E-state index in [0.29, 0.717) is 22.8 Å². The van der Waals surface area contributed by atoms with E-state index in [9.17, 15) is 0 Å². The van der Waals surface area contributed by atoms with Crippen molar-refractivity contribution in [3.8, 4) is 0 Å². The fraction of sp³-hybridized carbons (Fsp3) is 0. The fourth-order valence-electron chi connectivity index (χ4n) is 1.51. The van der Waals surface area contributed by atoms with Gasteiger partial charge in [0.1, 0.15) is 0 Å². The number of nitrogen functional groups attached to an aromatic ring is 2. The summed E-state index contributed by atoms with van der Waals surface area (Å²) >= 11 is 0. The van der Waals surface area contributed by atoms with Crippen molar-refractivity contribution >= 4 is 28.4 Å². The third kappa shape index (κ3) is 1.72. The molecule has 1 aliphatic rings. The first-order valence-electron chi connectivity index (χ1n) is 4.88. The number of hydrogen-bond acceptors (Lipinski definition) is 2. The van der Waals surface area contributed by atoms with Crippen LogP contribution in [0.15, 0.2) is 36.4 Å². The van der Waals surface area contributed by atoms with Crippen LogP contribution in [0.4, 0.5) is 11.4 Å². The summed E-state index contributed by atoms with van der Waals surface area (Å²) < 4.78 is 0. The first-order chi connectivity index (χ1) is 7.58. The molecule has 0 bridgehead atoms. The zero-order valence-corrected chi connectivity index (χ0v) is 8.77. The van der Waals surface area contributed by atoms with Crippen LogP contribution in [0.2, 0.25) is 0 Å². The largest absolute Gasteiger partial charge is 0.397 e. The second-order valence-corrected chi connectivity index (χ2v) is 3.69. The summed E-state index contributed by atoms with van der Waals surface area (Å²) in [5.41, 5.74) is 15.6. The predicted octanol–water partition coefficient (Wildman–Crippen LogP) is -1.80. The maximum atomic E-state index is 5.74. The lowest BCUT2D eigenvalue weighted by Gasteiger charge is -2.07. The average molecular weight is 214 g/mol. The van der Waals surface area contributed by atoms with Crippen LogP contribution in [-0.4, -0.2) is 11.4 Å². The molecule has 1 aliphatic carbocycles. The van der Waals surface area contributed by atoms with Crippen LogP contribution < -0.4 is 22.3 Å². The Labute approximate surface area is 93.3 Å². The van der Waals surface area contributed by atoms with Gasteiger partial charge in [-0.3, -0.25) is 0 Å². The third-order valence-electron chi connectivity index (χ3n) is 2.51. The van der Waals surface area contributed by atoms with Gasteiger partial charge in [0.25, 0.3) is 11.4 Å². The minimum atomic E-state index is 0.563. The highest BCUT2D eigenvalue weighted by molar-refractivity contribution is 6.48. The van der Waals surface area contributed by atoms with Crippen molar-refractivity contribution in [2.24, 2.45) is 0 Å². The molecular weight excluding hydrogens is 200 g/mol. The minimum Gasteiger partial charge on any atom is -0.397 e. The van der Waals surface area contributed by atoms with E-state index in [1.54, 1.807) is 12.1 Å². The molecule has 4 heteroatoms. The van der Waals surface area contributed by atoms with Crippen LogP contribution in [0, 0.1) is 0 Å². The molecule has 0 radical (unpaired) electrons. The molecule has 0 aromatic heterocycles. The van der Waals surface area contributed by atoms with E-state index in [1.165, 1.54) is 0 Å². The van der Waals surface area contributed by atoms with Crippen LogP contribution in [-0.2, 0) is 0 Å². The molecule has 0 atom stereocenters. The number of nitrogens with two attached hydrogens (primary N) is 4. The molecule has 1 aromatic rings. The molecule has 80 valence electrons. The van der Waals surface area contributed by atoms with Gasteiger partial charge in [-0.1, -0.05) is 6.07 Å². The topological polar surface area (TPSA) is 103 Å². The summed E-state index contributed by atoms with van der Waals surface area (Å²) in [6, 6.07) is 5.49. The van der Waals surface area contributed by atoms with Crippen LogP contribution >= 0.6 is 0 Å². The van der Waals surface area contributed by atoms with Gasteiger partial charge in [-0.15, -0.1) is 0 Å². The van der Waals surface area contributed by atoms with Gasteiger partial charge in [-0.2, -0.15) is 0 Å². The van der Waals surface area contributed by atoms with Crippen LogP contribution in [0.5, 0.6) is 0 Å². The number of rotatable bonds is 1. The zero-order valence-electron chi connectivity index (χ0n) is 8.77. The summed E-state index contributed by atoms with van der Waals surface area (Å²) in [5, 5.41) is 11.4. The van der Waals surface area contributed by atoms with Crippen molar-refractivity contribution < 1.29 is 10.8 Å². The van der Waals surface area contributed by atoms with Gasteiger partial charge in [0, 0.05) is 12.2 Å². The lowest BCUT2D eigenvalue weighted by molar-refractivity contribution is -0.131. The second-order valence-electron chi connectivity index (χ2n) is 3.69. The van der Waals surface area contributed by atoms with Crippen LogP contribution in [0.25, 0.3) is 5.57 Å². The smallest absolute Gasteiger partial charge is 0.268 e. The summed E-state index contributed by atoms with van der Waals surface area (Å²) in [7, 11) is 0. The SMILES string of the molecule is Nc1ccc(C2=CC(=[NH2+])C(=[NH2+])C=C2)cc1N. The van der Waals surface area contributed by atoms with E-state index < -0.39 is 0 Å². The molecule has 4 nitrogen and oxygen atoms in total. The molecule has 0 fully saturated rings. The van der Waals surface area contributed by atoms with Gasteiger partial charge in [-0.25, -0.2) is 10.8 Å². The van der Waals surface area contributed by atoms with Crippen LogP contribution in [0.3, 0.4) is 0 Å². The summed E-state index contributed by atoms with van der Waals surface area (Å²) in [5.74, 6) is 0. The summed E-state index contributed by atoms with van der Waals surface area (Å²) in [4.78, 5) is 0. The monoisotopic (exact) mass is 214 g/mol. The van der Waals surface area contributed by atoms with Crippen molar-refractivity contribution in [3.05, 3.63) is 42.0 Å². The fourth-order valence-corrected chi connectivity index (χ4v) is 1.51. The predicted molar refractivity (Wildman–Crippen MR) is 66.2 cm³/mol. The van der Waals surface area contributed by atoms with Gasteiger partial charge in [-0.05, 0) is 29.3 Å². The van der Waals surface area contributed by atoms with Crippen molar-refractivity contribution in [2.45, 2.75) is 0 Å². The molecule has 16 heavy (non-hydrogen) atoms. The normalized spacial score (nSPS) is 15.1. The Kier molecular flexibility index (Phi) is 2.32. The Balaban J connectivity index is 2.43. The maximum Gasteiger partial charge on any atom is 0.268 e. The maximum absolute atomic E-state index is 5.74. The molecule has 0 saturated carbocycles. The highest BCUT2D eigenvalue weighted by atomic mass is 14.7. The van der Waals surface area contributed by atoms with Crippen LogP contribution in [0.1, 0.15) is 5.56 Å². The Morgan fingerprint density at radius 1 is 0.875 bits per heavy atom. The minimum absolute atomic E-state index is 0.563. The molecule has 0 heterocycles. The highest BCUT2D eigenvalue weighted by Gasteiger charge is 2.16. The third-order valence-corrected chi connectivity index (χ3v) is 2.51. The molecule has 0 spiro atoms. The summed E-state index contributed by atoms with van der Waals surface area (Å²) in [6.45, 7) is 0. The number of benzene rings is 1. The van der Waals surface area contributed by atoms with E-state index in [4.69, 9.17) is 22.3 Å². The van der Waals surface area contributed by atoms with Crippen molar-refractivity contribution in [2.75, 3.05) is 11.5 Å². The number of allylic oxidation sites excluding steroid dienone is 4. The van der Waals surface area contributed by atoms with E-state index in [2.05, 4.69) is 0 Å². The highest BCUT2D eigenvalue weighted by Crippen LogP contribution is 2.23. The van der Waals surface area contributed by atoms with E-state index in [1.807, 2.05) is 24.3 Å². The standard InChI is InChI=1S/C12H12N4/c13-9-3-1-7(5-11(9)15)8-2-4-10(14)12(16)6-8/h1-6,13,15H,14,16H2/p+2. The van der Waals surface area contributed by atoms with E-state index >= 15 is 0 Å². The van der Waals surface area contributed by atoms with E-state index in [-0.39, 0.29) is 0 Å². The number of anilines is 2. The molecule has 0 aliphatic heterocycles. The Bertz CT molecular complexity index is 538. The lowest BCUT2D eigenvalue weighted by Crippen LogP contribution is -2.54. The summed E-state index contributed by atoms with van der Waals surface area (Å²) in [6.07, 6.45) is 5.49. The number of hydrogen-bond donors (Lipinski definition) is 4.